The Morgan fingerprint density at radius 1 is 0.914 bits per heavy atom. The third kappa shape index (κ3) is 5.88. The average molecular weight is 471 g/mol. The maximum absolute atomic E-state index is 12.8. The van der Waals surface area contributed by atoms with Crippen LogP contribution in [0, 0.1) is 6.92 Å². The van der Waals surface area contributed by atoms with E-state index in [-0.39, 0.29) is 36.2 Å². The van der Waals surface area contributed by atoms with Crippen LogP contribution in [0.15, 0.2) is 78.9 Å². The van der Waals surface area contributed by atoms with Gasteiger partial charge in [0.05, 0.1) is 23.7 Å². The number of esters is 1. The largest absolute Gasteiger partial charge is 0.454 e. The summed E-state index contributed by atoms with van der Waals surface area (Å²) in [5.74, 6) is -1.57. The van der Waals surface area contributed by atoms with Crippen LogP contribution in [0.5, 0.6) is 0 Å². The molecule has 1 unspecified atom stereocenters. The summed E-state index contributed by atoms with van der Waals surface area (Å²) >= 11 is 0. The summed E-state index contributed by atoms with van der Waals surface area (Å²) in [5, 5.41) is 3.17. The molecule has 4 rings (SSSR count). The first-order valence-electron chi connectivity index (χ1n) is 11.4. The van der Waals surface area contributed by atoms with Crippen molar-refractivity contribution in [3.05, 3.63) is 101 Å². The number of ketones is 1. The highest BCUT2D eigenvalue weighted by Gasteiger charge is 2.39. The number of hydrogen-bond donors (Lipinski definition) is 1. The molecule has 3 aromatic carbocycles. The van der Waals surface area contributed by atoms with E-state index in [1.165, 1.54) is 24.3 Å². The molecule has 3 aromatic rings. The lowest BCUT2D eigenvalue weighted by atomic mass is 10.1. The zero-order chi connectivity index (χ0) is 24.8. The lowest BCUT2D eigenvalue weighted by molar-refractivity contribution is -0.121. The molecule has 2 amide bonds. The second-order valence-electron chi connectivity index (χ2n) is 8.43. The molecule has 35 heavy (non-hydrogen) atoms. The molecule has 0 spiro atoms. The summed E-state index contributed by atoms with van der Waals surface area (Å²) in [6, 6.07) is 22.3. The molecule has 1 heterocycles. The van der Waals surface area contributed by atoms with E-state index in [0.29, 0.717) is 17.8 Å². The molecule has 0 radical (unpaired) electrons. The van der Waals surface area contributed by atoms with Crippen molar-refractivity contribution in [3.63, 3.8) is 0 Å². The molecule has 7 nitrogen and oxygen atoms in total. The van der Waals surface area contributed by atoms with E-state index in [2.05, 4.69) is 5.32 Å². The number of imide groups is 1. The van der Waals surface area contributed by atoms with Gasteiger partial charge >= 0.3 is 5.97 Å². The Morgan fingerprint density at radius 2 is 1.57 bits per heavy atom. The quantitative estimate of drug-likeness (QED) is 0.292. The van der Waals surface area contributed by atoms with E-state index in [1.807, 2.05) is 49.4 Å². The Balaban J connectivity index is 1.31. The van der Waals surface area contributed by atoms with Gasteiger partial charge in [-0.05, 0) is 49.7 Å². The smallest absolute Gasteiger partial charge is 0.338 e. The van der Waals surface area contributed by atoms with E-state index in [4.69, 9.17) is 4.74 Å². The van der Waals surface area contributed by atoms with Gasteiger partial charge in [-0.2, -0.15) is 0 Å². The molecule has 7 heteroatoms. The highest BCUT2D eigenvalue weighted by atomic mass is 16.5. The second-order valence-corrected chi connectivity index (χ2v) is 8.43. The minimum absolute atomic E-state index is 0.0819. The molecule has 0 aromatic heterocycles. The number of Topliss-reactive ketones (excluding diaryl/α,β-unsaturated/α-hetero) is 1. The highest BCUT2D eigenvalue weighted by Crippen LogP contribution is 2.23. The van der Waals surface area contributed by atoms with Crippen molar-refractivity contribution < 1.29 is 23.9 Å². The first-order valence-corrected chi connectivity index (χ1v) is 11.4. The Morgan fingerprint density at radius 3 is 2.26 bits per heavy atom. The molecule has 0 aliphatic carbocycles. The van der Waals surface area contributed by atoms with Crippen molar-refractivity contribution in [2.45, 2.75) is 25.8 Å². The first-order chi connectivity index (χ1) is 16.9. The fourth-order valence-corrected chi connectivity index (χ4v) is 3.88. The standard InChI is InChI=1S/C28H26N2O5/c1-19-7-9-21(10-8-19)25(31)18-35-28(34)22-11-13-23(14-12-22)30-26(32)17-24(27(30)33)29-16-15-20-5-3-2-4-6-20/h2-14,24,29H,15-18H2,1H3. The fourth-order valence-electron chi connectivity index (χ4n) is 3.88. The normalized spacial score (nSPS) is 15.3. The number of carbonyl (C=O) groups excluding carboxylic acids is 4. The summed E-state index contributed by atoms with van der Waals surface area (Å²) in [5.41, 5.74) is 3.26. The molecule has 0 bridgehead atoms. The number of ether oxygens (including phenoxy) is 1. The van der Waals surface area contributed by atoms with Crippen LogP contribution >= 0.6 is 0 Å². The molecule has 1 aliphatic heterocycles. The molecule has 1 fully saturated rings. The fraction of sp³-hybridized carbons (Fsp3) is 0.214. The van der Waals surface area contributed by atoms with Crippen molar-refractivity contribution in [2.75, 3.05) is 18.1 Å². The Kier molecular flexibility index (Phi) is 7.48. The van der Waals surface area contributed by atoms with E-state index in [0.717, 1.165) is 22.4 Å². The Bertz CT molecular complexity index is 1220. The third-order valence-corrected chi connectivity index (χ3v) is 5.86. The van der Waals surface area contributed by atoms with E-state index in [1.54, 1.807) is 12.1 Å². The number of benzene rings is 3. The van der Waals surface area contributed by atoms with Crippen LogP contribution in [0.4, 0.5) is 5.69 Å². The van der Waals surface area contributed by atoms with Crippen LogP contribution in [-0.2, 0) is 20.7 Å². The zero-order valence-electron chi connectivity index (χ0n) is 19.4. The summed E-state index contributed by atoms with van der Waals surface area (Å²) in [4.78, 5) is 51.0. The lowest BCUT2D eigenvalue weighted by Crippen LogP contribution is -2.39. The second kappa shape index (κ2) is 10.9. The Labute approximate surface area is 203 Å². The molecular weight excluding hydrogens is 444 g/mol. The maximum Gasteiger partial charge on any atom is 0.338 e. The topological polar surface area (TPSA) is 92.8 Å². The molecule has 0 saturated carbocycles. The SMILES string of the molecule is Cc1ccc(C(=O)COC(=O)c2ccc(N3C(=O)CC(NCCc4ccccc4)C3=O)cc2)cc1. The molecule has 1 aliphatic rings. The van der Waals surface area contributed by atoms with Crippen LogP contribution < -0.4 is 10.2 Å². The van der Waals surface area contributed by atoms with Gasteiger partial charge in [0.15, 0.2) is 12.4 Å². The molecule has 1 saturated heterocycles. The zero-order valence-corrected chi connectivity index (χ0v) is 19.4. The van der Waals surface area contributed by atoms with Crippen LogP contribution in [-0.4, -0.2) is 42.8 Å². The van der Waals surface area contributed by atoms with Gasteiger partial charge in [0.2, 0.25) is 5.91 Å². The van der Waals surface area contributed by atoms with Crippen LogP contribution in [0.2, 0.25) is 0 Å². The van der Waals surface area contributed by atoms with Crippen LogP contribution in [0.1, 0.15) is 38.3 Å². The van der Waals surface area contributed by atoms with Gasteiger partial charge in [-0.25, -0.2) is 9.69 Å². The van der Waals surface area contributed by atoms with Crippen LogP contribution in [0.3, 0.4) is 0 Å². The Hall–Kier alpha value is -4.10. The van der Waals surface area contributed by atoms with Gasteiger partial charge in [0.25, 0.3) is 5.91 Å². The summed E-state index contributed by atoms with van der Waals surface area (Å²) in [7, 11) is 0. The van der Waals surface area contributed by atoms with E-state index < -0.39 is 12.0 Å². The van der Waals surface area contributed by atoms with Crippen molar-refractivity contribution in [1.82, 2.24) is 5.32 Å². The van der Waals surface area contributed by atoms with Gasteiger partial charge in [0.1, 0.15) is 0 Å². The predicted octanol–water partition coefficient (Wildman–Crippen LogP) is 3.50. The number of aryl methyl sites for hydroxylation is 1. The van der Waals surface area contributed by atoms with Gasteiger partial charge in [-0.3, -0.25) is 14.4 Å². The highest BCUT2D eigenvalue weighted by molar-refractivity contribution is 6.22. The maximum atomic E-state index is 12.8. The number of amides is 2. The summed E-state index contributed by atoms with van der Waals surface area (Å²) < 4.78 is 5.13. The van der Waals surface area contributed by atoms with Gasteiger partial charge in [0, 0.05) is 5.56 Å². The summed E-state index contributed by atoms with van der Waals surface area (Å²) in [6.07, 6.45) is 0.834. The molecular formula is C28H26N2O5. The number of nitrogens with one attached hydrogen (secondary N) is 1. The van der Waals surface area contributed by atoms with Gasteiger partial charge < -0.3 is 10.1 Å². The monoisotopic (exact) mass is 470 g/mol. The van der Waals surface area contributed by atoms with Crippen molar-refractivity contribution >= 4 is 29.3 Å². The minimum Gasteiger partial charge on any atom is -0.454 e. The van der Waals surface area contributed by atoms with E-state index >= 15 is 0 Å². The average Bonchev–Trinajstić information content (AvgIpc) is 3.16. The number of anilines is 1. The first kappa shape index (κ1) is 24.0. The number of nitrogens with zero attached hydrogens (tertiary/aromatic N) is 1. The molecule has 1 N–H and O–H groups in total. The van der Waals surface area contributed by atoms with E-state index in [9.17, 15) is 19.2 Å². The molecule has 1 atom stereocenters. The third-order valence-electron chi connectivity index (χ3n) is 5.86. The van der Waals surface area contributed by atoms with Crippen molar-refractivity contribution in [2.24, 2.45) is 0 Å². The number of rotatable bonds is 9. The number of hydrogen-bond acceptors (Lipinski definition) is 6. The molecule has 178 valence electrons. The van der Waals surface area contributed by atoms with Crippen molar-refractivity contribution in [3.8, 4) is 0 Å². The van der Waals surface area contributed by atoms with Gasteiger partial charge in [-0.15, -0.1) is 0 Å². The minimum atomic E-state index is -0.656. The lowest BCUT2D eigenvalue weighted by Gasteiger charge is -2.16. The number of carbonyl (C=O) groups is 4. The summed E-state index contributed by atoms with van der Waals surface area (Å²) in [6.45, 7) is 2.13. The van der Waals surface area contributed by atoms with Gasteiger partial charge in [-0.1, -0.05) is 60.2 Å². The predicted molar refractivity (Wildman–Crippen MR) is 131 cm³/mol. The van der Waals surface area contributed by atoms with Crippen molar-refractivity contribution in [1.29, 1.82) is 0 Å². The van der Waals surface area contributed by atoms with Crippen LogP contribution in [0.25, 0.3) is 0 Å².